The van der Waals surface area contributed by atoms with E-state index in [1.165, 1.54) is 24.8 Å². The van der Waals surface area contributed by atoms with Gasteiger partial charge in [-0.25, -0.2) is 0 Å². The second-order valence-electron chi connectivity index (χ2n) is 5.84. The van der Waals surface area contributed by atoms with Gasteiger partial charge in [-0.15, -0.1) is 0 Å². The predicted octanol–water partition coefficient (Wildman–Crippen LogP) is 2.36. The minimum atomic E-state index is 0.542. The van der Waals surface area contributed by atoms with Gasteiger partial charge in [-0.05, 0) is 37.2 Å². The molecule has 0 bridgehead atoms. The summed E-state index contributed by atoms with van der Waals surface area (Å²) in [6.07, 6.45) is 8.00. The summed E-state index contributed by atoms with van der Waals surface area (Å²) < 4.78 is 2.02. The van der Waals surface area contributed by atoms with E-state index < -0.39 is 0 Å². The monoisotopic (exact) mass is 221 g/mol. The van der Waals surface area contributed by atoms with Gasteiger partial charge in [-0.3, -0.25) is 4.68 Å². The Hall–Kier alpha value is -0.830. The number of aryl methyl sites for hydroxylation is 1. The van der Waals surface area contributed by atoms with Gasteiger partial charge in [0.1, 0.15) is 0 Å². The van der Waals surface area contributed by atoms with Crippen LogP contribution in [-0.2, 0) is 6.54 Å². The summed E-state index contributed by atoms with van der Waals surface area (Å²) >= 11 is 0. The summed E-state index contributed by atoms with van der Waals surface area (Å²) in [4.78, 5) is 0. The Morgan fingerprint density at radius 1 is 1.56 bits per heavy atom. The standard InChI is InChI=1S/C13H23N3/c1-11-9-15-16(10-11)7-6-14-12-4-5-13(2,3)8-12/h9-10,12,14H,4-8H2,1-3H3. The van der Waals surface area contributed by atoms with Crippen LogP contribution in [0.2, 0.25) is 0 Å². The lowest BCUT2D eigenvalue weighted by molar-refractivity contribution is 0.362. The molecule has 3 heteroatoms. The minimum absolute atomic E-state index is 0.542. The van der Waals surface area contributed by atoms with Crippen LogP contribution in [0.15, 0.2) is 12.4 Å². The Bertz CT molecular complexity index is 341. The van der Waals surface area contributed by atoms with Gasteiger partial charge in [-0.2, -0.15) is 5.10 Å². The van der Waals surface area contributed by atoms with Gasteiger partial charge in [0.05, 0.1) is 12.7 Å². The molecule has 1 aromatic rings. The molecule has 90 valence electrons. The molecule has 1 unspecified atom stereocenters. The van der Waals surface area contributed by atoms with E-state index in [2.05, 4.69) is 37.4 Å². The molecule has 1 N–H and O–H groups in total. The highest BCUT2D eigenvalue weighted by molar-refractivity contribution is 4.99. The number of aromatic nitrogens is 2. The number of nitrogens with zero attached hydrogens (tertiary/aromatic N) is 2. The van der Waals surface area contributed by atoms with Crippen LogP contribution in [-0.4, -0.2) is 22.4 Å². The van der Waals surface area contributed by atoms with Crippen molar-refractivity contribution in [2.24, 2.45) is 5.41 Å². The van der Waals surface area contributed by atoms with E-state index in [0.29, 0.717) is 11.5 Å². The highest BCUT2D eigenvalue weighted by atomic mass is 15.3. The summed E-state index contributed by atoms with van der Waals surface area (Å²) in [6, 6.07) is 0.714. The molecule has 1 aliphatic carbocycles. The lowest BCUT2D eigenvalue weighted by atomic mass is 9.92. The molecule has 0 saturated heterocycles. The first-order chi connectivity index (χ1) is 7.55. The fourth-order valence-corrected chi connectivity index (χ4v) is 2.58. The molecule has 1 atom stereocenters. The maximum absolute atomic E-state index is 4.29. The largest absolute Gasteiger partial charge is 0.312 e. The zero-order chi connectivity index (χ0) is 11.6. The van der Waals surface area contributed by atoms with Gasteiger partial charge in [0.2, 0.25) is 0 Å². The normalized spacial score (nSPS) is 23.8. The van der Waals surface area contributed by atoms with Crippen LogP contribution in [0.5, 0.6) is 0 Å². The summed E-state index contributed by atoms with van der Waals surface area (Å²) in [5.41, 5.74) is 1.78. The number of hydrogen-bond acceptors (Lipinski definition) is 2. The zero-order valence-corrected chi connectivity index (χ0v) is 10.7. The molecule has 1 heterocycles. The van der Waals surface area contributed by atoms with Crippen molar-refractivity contribution >= 4 is 0 Å². The van der Waals surface area contributed by atoms with E-state index in [4.69, 9.17) is 0 Å². The molecular weight excluding hydrogens is 198 g/mol. The molecular formula is C13H23N3. The molecule has 0 aromatic carbocycles. The van der Waals surface area contributed by atoms with E-state index in [1.54, 1.807) is 0 Å². The third-order valence-corrected chi connectivity index (χ3v) is 3.50. The van der Waals surface area contributed by atoms with Crippen LogP contribution < -0.4 is 5.32 Å². The Morgan fingerprint density at radius 3 is 2.94 bits per heavy atom. The van der Waals surface area contributed by atoms with Crippen LogP contribution in [0.25, 0.3) is 0 Å². The van der Waals surface area contributed by atoms with E-state index in [9.17, 15) is 0 Å². The van der Waals surface area contributed by atoms with Crippen molar-refractivity contribution in [3.8, 4) is 0 Å². The molecule has 3 nitrogen and oxygen atoms in total. The third kappa shape index (κ3) is 3.08. The second-order valence-corrected chi connectivity index (χ2v) is 5.84. The summed E-state index contributed by atoms with van der Waals surface area (Å²) in [7, 11) is 0. The first-order valence-electron chi connectivity index (χ1n) is 6.28. The van der Waals surface area contributed by atoms with Gasteiger partial charge in [0, 0.05) is 18.8 Å². The molecule has 1 aromatic heterocycles. The average Bonchev–Trinajstić information content (AvgIpc) is 2.73. The molecule has 0 radical (unpaired) electrons. The Balaban J connectivity index is 1.69. The molecule has 16 heavy (non-hydrogen) atoms. The van der Waals surface area contributed by atoms with Crippen molar-refractivity contribution < 1.29 is 0 Å². The lowest BCUT2D eigenvalue weighted by Gasteiger charge is -2.17. The SMILES string of the molecule is Cc1cnn(CCNC2CCC(C)(C)C2)c1. The van der Waals surface area contributed by atoms with Crippen molar-refractivity contribution in [3.05, 3.63) is 18.0 Å². The topological polar surface area (TPSA) is 29.9 Å². The Labute approximate surface area is 98.2 Å². The molecule has 1 saturated carbocycles. The molecule has 2 rings (SSSR count). The third-order valence-electron chi connectivity index (χ3n) is 3.50. The van der Waals surface area contributed by atoms with Gasteiger partial charge in [0.25, 0.3) is 0 Å². The fourth-order valence-electron chi connectivity index (χ4n) is 2.58. The van der Waals surface area contributed by atoms with Crippen LogP contribution in [0.4, 0.5) is 0 Å². The van der Waals surface area contributed by atoms with E-state index in [1.807, 2.05) is 10.9 Å². The maximum atomic E-state index is 4.29. The fraction of sp³-hybridized carbons (Fsp3) is 0.769. The Morgan fingerprint density at radius 2 is 2.38 bits per heavy atom. The predicted molar refractivity (Wildman–Crippen MR) is 66.4 cm³/mol. The average molecular weight is 221 g/mol. The smallest absolute Gasteiger partial charge is 0.0534 e. The van der Waals surface area contributed by atoms with Crippen molar-refractivity contribution in [1.82, 2.24) is 15.1 Å². The van der Waals surface area contributed by atoms with Gasteiger partial charge < -0.3 is 5.32 Å². The highest BCUT2D eigenvalue weighted by Crippen LogP contribution is 2.36. The van der Waals surface area contributed by atoms with Crippen molar-refractivity contribution in [2.45, 2.75) is 52.6 Å². The summed E-state index contributed by atoms with van der Waals surface area (Å²) in [5, 5.41) is 7.92. The first-order valence-corrected chi connectivity index (χ1v) is 6.28. The summed E-state index contributed by atoms with van der Waals surface area (Å²) in [6.45, 7) is 8.82. The van der Waals surface area contributed by atoms with E-state index in [0.717, 1.165) is 13.1 Å². The number of rotatable bonds is 4. The van der Waals surface area contributed by atoms with Crippen molar-refractivity contribution in [2.75, 3.05) is 6.54 Å². The maximum Gasteiger partial charge on any atom is 0.0534 e. The van der Waals surface area contributed by atoms with E-state index in [-0.39, 0.29) is 0 Å². The number of nitrogens with one attached hydrogen (secondary N) is 1. The van der Waals surface area contributed by atoms with Gasteiger partial charge >= 0.3 is 0 Å². The lowest BCUT2D eigenvalue weighted by Crippen LogP contribution is -2.30. The molecule has 1 fully saturated rings. The van der Waals surface area contributed by atoms with Crippen LogP contribution in [0, 0.1) is 12.3 Å². The van der Waals surface area contributed by atoms with Crippen LogP contribution in [0.1, 0.15) is 38.7 Å². The van der Waals surface area contributed by atoms with Gasteiger partial charge in [-0.1, -0.05) is 13.8 Å². The highest BCUT2D eigenvalue weighted by Gasteiger charge is 2.30. The molecule has 0 spiro atoms. The minimum Gasteiger partial charge on any atom is -0.312 e. The molecule has 0 amide bonds. The molecule has 1 aliphatic rings. The van der Waals surface area contributed by atoms with Crippen molar-refractivity contribution in [1.29, 1.82) is 0 Å². The van der Waals surface area contributed by atoms with Crippen LogP contribution in [0.3, 0.4) is 0 Å². The van der Waals surface area contributed by atoms with Crippen LogP contribution >= 0.6 is 0 Å². The Kier molecular flexibility index (Phi) is 3.33. The van der Waals surface area contributed by atoms with E-state index >= 15 is 0 Å². The number of hydrogen-bond donors (Lipinski definition) is 1. The first kappa shape index (κ1) is 11.6. The van der Waals surface area contributed by atoms with Crippen molar-refractivity contribution in [3.63, 3.8) is 0 Å². The molecule has 0 aliphatic heterocycles. The van der Waals surface area contributed by atoms with Gasteiger partial charge in [0.15, 0.2) is 0 Å². The second kappa shape index (κ2) is 4.58. The summed E-state index contributed by atoms with van der Waals surface area (Å²) in [5.74, 6) is 0. The quantitative estimate of drug-likeness (QED) is 0.846. The zero-order valence-electron chi connectivity index (χ0n) is 10.7.